The Labute approximate surface area is 194 Å². The van der Waals surface area contributed by atoms with Gasteiger partial charge >= 0.3 is 0 Å². The maximum Gasteiger partial charge on any atom is 0.168 e. The first-order chi connectivity index (χ1) is 15.8. The van der Waals surface area contributed by atoms with Gasteiger partial charge in [-0.15, -0.1) is 11.8 Å². The molecule has 0 aliphatic carbocycles. The van der Waals surface area contributed by atoms with Gasteiger partial charge in [-0.3, -0.25) is 4.90 Å². The molecule has 0 saturated carbocycles. The van der Waals surface area contributed by atoms with Gasteiger partial charge in [0, 0.05) is 24.4 Å². The number of nitrogens with zero attached hydrogens (tertiary/aromatic N) is 7. The molecule has 5 rings (SSSR count). The van der Waals surface area contributed by atoms with E-state index in [2.05, 4.69) is 59.5 Å². The summed E-state index contributed by atoms with van der Waals surface area (Å²) in [6.45, 7) is 3.27. The summed E-state index contributed by atoms with van der Waals surface area (Å²) in [6.07, 6.45) is 9.25. The normalized spacial score (nSPS) is 12.8. The Hall–Kier alpha value is -2.69. The second kappa shape index (κ2) is 9.43. The lowest BCUT2D eigenvalue weighted by atomic mass is 10.2. The molecule has 4 aromatic rings. The number of imidazole rings is 1. The van der Waals surface area contributed by atoms with Crippen molar-refractivity contribution in [2.45, 2.75) is 41.3 Å². The molecule has 32 heavy (non-hydrogen) atoms. The van der Waals surface area contributed by atoms with Crippen LogP contribution in [0.3, 0.4) is 0 Å². The molecule has 4 heterocycles. The Morgan fingerprint density at radius 3 is 2.88 bits per heavy atom. The second-order valence-corrected chi connectivity index (χ2v) is 9.47. The van der Waals surface area contributed by atoms with Crippen LogP contribution in [0.5, 0.6) is 0 Å². The van der Waals surface area contributed by atoms with Gasteiger partial charge in [0.05, 0.1) is 18.6 Å². The fourth-order valence-electron chi connectivity index (χ4n) is 3.60. The fraction of sp³-hybridized carbons (Fsp3) is 0.318. The Morgan fingerprint density at radius 2 is 2.00 bits per heavy atom. The third-order valence-electron chi connectivity index (χ3n) is 5.14. The van der Waals surface area contributed by atoms with Crippen molar-refractivity contribution < 1.29 is 4.74 Å². The van der Waals surface area contributed by atoms with E-state index in [0.717, 1.165) is 55.4 Å². The van der Waals surface area contributed by atoms with E-state index in [4.69, 9.17) is 4.74 Å². The van der Waals surface area contributed by atoms with Crippen LogP contribution < -0.4 is 4.90 Å². The lowest BCUT2D eigenvalue weighted by Crippen LogP contribution is -2.24. The summed E-state index contributed by atoms with van der Waals surface area (Å²) in [6, 6.07) is 6.46. The zero-order valence-electron chi connectivity index (χ0n) is 17.9. The van der Waals surface area contributed by atoms with Gasteiger partial charge in [-0.05, 0) is 29.9 Å². The van der Waals surface area contributed by atoms with Crippen LogP contribution in [0.1, 0.15) is 25.3 Å². The molecule has 0 unspecified atom stereocenters. The number of fused-ring (bicyclic) bond motifs is 3. The summed E-state index contributed by atoms with van der Waals surface area (Å²) < 4.78 is 7.54. The van der Waals surface area contributed by atoms with Gasteiger partial charge in [-0.1, -0.05) is 31.2 Å². The van der Waals surface area contributed by atoms with Crippen molar-refractivity contribution in [3.8, 4) is 0 Å². The van der Waals surface area contributed by atoms with Crippen LogP contribution in [-0.4, -0.2) is 49.1 Å². The predicted octanol–water partition coefficient (Wildman–Crippen LogP) is 4.76. The Kier molecular flexibility index (Phi) is 6.24. The van der Waals surface area contributed by atoms with Crippen LogP contribution >= 0.6 is 23.5 Å². The summed E-state index contributed by atoms with van der Waals surface area (Å²) in [4.78, 5) is 25.8. The summed E-state index contributed by atoms with van der Waals surface area (Å²) in [5.74, 6) is 1.86. The van der Waals surface area contributed by atoms with E-state index in [0.29, 0.717) is 13.3 Å². The average molecular weight is 466 g/mol. The van der Waals surface area contributed by atoms with Crippen molar-refractivity contribution in [3.05, 3.63) is 48.8 Å². The van der Waals surface area contributed by atoms with Crippen LogP contribution in [0.15, 0.2) is 58.2 Å². The maximum atomic E-state index is 5.47. The van der Waals surface area contributed by atoms with Gasteiger partial charge in [0.1, 0.15) is 28.6 Å². The zero-order valence-corrected chi connectivity index (χ0v) is 19.6. The minimum atomic E-state index is 0.405. The standard InChI is InChI=1S/C22H23N7OS2/c1-3-4-9-31-21-18-19(25-12-26-21)28(13-27-18)11-15-5-6-17-16(10-15)29(14-30-2)20-22(32-17)24-8-7-23-20/h5-8,10,12-13H,3-4,9,11,14H2,1-2H3. The highest BCUT2D eigenvalue weighted by Crippen LogP contribution is 2.46. The van der Waals surface area contributed by atoms with Crippen LogP contribution in [0.2, 0.25) is 0 Å². The maximum absolute atomic E-state index is 5.47. The summed E-state index contributed by atoms with van der Waals surface area (Å²) >= 11 is 3.38. The molecule has 0 saturated heterocycles. The Morgan fingerprint density at radius 1 is 1.09 bits per heavy atom. The zero-order chi connectivity index (χ0) is 21.9. The third-order valence-corrected chi connectivity index (χ3v) is 7.25. The van der Waals surface area contributed by atoms with E-state index in [1.54, 1.807) is 49.4 Å². The minimum Gasteiger partial charge on any atom is -0.364 e. The number of hydrogen-bond donors (Lipinski definition) is 0. The van der Waals surface area contributed by atoms with Crippen LogP contribution in [0.4, 0.5) is 11.5 Å². The lowest BCUT2D eigenvalue weighted by molar-refractivity contribution is 0.204. The molecular weight excluding hydrogens is 442 g/mol. The monoisotopic (exact) mass is 465 g/mol. The van der Waals surface area contributed by atoms with Crippen molar-refractivity contribution in [1.82, 2.24) is 29.5 Å². The first-order valence-electron chi connectivity index (χ1n) is 10.5. The second-order valence-electron chi connectivity index (χ2n) is 7.36. The number of unbranched alkanes of at least 4 members (excludes halogenated alkanes) is 1. The van der Waals surface area contributed by atoms with E-state index in [1.165, 1.54) is 6.42 Å². The van der Waals surface area contributed by atoms with E-state index >= 15 is 0 Å². The Bertz CT molecular complexity index is 1250. The SMILES string of the molecule is CCCCSc1ncnc2c1ncn2Cc1ccc2c(c1)N(COC)c1nccnc1S2. The lowest BCUT2D eigenvalue weighted by Gasteiger charge is -2.30. The molecule has 1 aromatic carbocycles. The Balaban J connectivity index is 1.45. The summed E-state index contributed by atoms with van der Waals surface area (Å²) in [5.41, 5.74) is 3.94. The van der Waals surface area contributed by atoms with Crippen LogP contribution in [0, 0.1) is 0 Å². The number of aromatic nitrogens is 6. The highest BCUT2D eigenvalue weighted by molar-refractivity contribution is 7.99. The largest absolute Gasteiger partial charge is 0.364 e. The molecule has 0 amide bonds. The first kappa shape index (κ1) is 21.2. The van der Waals surface area contributed by atoms with E-state index in [1.807, 2.05) is 6.33 Å². The molecule has 0 N–H and O–H groups in total. The van der Waals surface area contributed by atoms with Crippen LogP contribution in [-0.2, 0) is 11.3 Å². The smallest absolute Gasteiger partial charge is 0.168 e. The van der Waals surface area contributed by atoms with E-state index < -0.39 is 0 Å². The van der Waals surface area contributed by atoms with Gasteiger partial charge in [-0.2, -0.15) is 0 Å². The summed E-state index contributed by atoms with van der Waals surface area (Å²) in [7, 11) is 1.69. The number of benzene rings is 1. The average Bonchev–Trinajstić information content (AvgIpc) is 3.23. The van der Waals surface area contributed by atoms with Gasteiger partial charge in [0.15, 0.2) is 11.5 Å². The summed E-state index contributed by atoms with van der Waals surface area (Å²) in [5, 5.41) is 1.83. The van der Waals surface area contributed by atoms with Crippen molar-refractivity contribution in [2.75, 3.05) is 24.5 Å². The van der Waals surface area contributed by atoms with Crippen molar-refractivity contribution in [1.29, 1.82) is 0 Å². The van der Waals surface area contributed by atoms with Gasteiger partial charge < -0.3 is 9.30 Å². The molecule has 0 fully saturated rings. The highest BCUT2D eigenvalue weighted by atomic mass is 32.2. The van der Waals surface area contributed by atoms with Crippen molar-refractivity contribution >= 4 is 46.2 Å². The van der Waals surface area contributed by atoms with Crippen molar-refractivity contribution in [2.24, 2.45) is 0 Å². The molecule has 1 aliphatic rings. The number of methoxy groups -OCH3 is 1. The molecular formula is C22H23N7OS2. The van der Waals surface area contributed by atoms with Gasteiger partial charge in [0.25, 0.3) is 0 Å². The number of ether oxygens (including phenoxy) is 1. The van der Waals surface area contributed by atoms with E-state index in [9.17, 15) is 0 Å². The molecule has 10 heteroatoms. The molecule has 164 valence electrons. The first-order valence-corrected chi connectivity index (χ1v) is 12.3. The van der Waals surface area contributed by atoms with Gasteiger partial charge in [0.2, 0.25) is 0 Å². The molecule has 0 bridgehead atoms. The predicted molar refractivity (Wildman–Crippen MR) is 127 cm³/mol. The molecule has 0 atom stereocenters. The van der Waals surface area contributed by atoms with Gasteiger partial charge in [-0.25, -0.2) is 24.9 Å². The number of hydrogen-bond acceptors (Lipinski definition) is 9. The van der Waals surface area contributed by atoms with E-state index in [-0.39, 0.29) is 0 Å². The van der Waals surface area contributed by atoms with Crippen LogP contribution in [0.25, 0.3) is 11.2 Å². The molecule has 0 spiro atoms. The number of rotatable bonds is 8. The fourth-order valence-corrected chi connectivity index (χ4v) is 5.62. The highest BCUT2D eigenvalue weighted by Gasteiger charge is 2.26. The topological polar surface area (TPSA) is 81.9 Å². The minimum absolute atomic E-state index is 0.405. The quantitative estimate of drug-likeness (QED) is 0.208. The molecule has 0 radical (unpaired) electrons. The third kappa shape index (κ3) is 4.05. The number of thioether (sulfide) groups is 1. The number of anilines is 2. The van der Waals surface area contributed by atoms with Crippen molar-refractivity contribution in [3.63, 3.8) is 0 Å². The molecule has 1 aliphatic heterocycles. The molecule has 8 nitrogen and oxygen atoms in total. The molecule has 3 aromatic heterocycles.